The van der Waals surface area contributed by atoms with Gasteiger partial charge < -0.3 is 15.9 Å². The first kappa shape index (κ1) is 17.0. The highest BCUT2D eigenvalue weighted by molar-refractivity contribution is 9.10. The molecule has 2 rings (SSSR count). The number of nitrogens with two attached hydrogens (primary N) is 1. The second-order valence-electron chi connectivity index (χ2n) is 4.73. The van der Waals surface area contributed by atoms with E-state index >= 15 is 0 Å². The molecule has 0 radical (unpaired) electrons. The Bertz CT molecular complexity index is 702. The van der Waals surface area contributed by atoms with E-state index in [1.165, 1.54) is 24.3 Å². The zero-order valence-electron chi connectivity index (χ0n) is 12.3. The van der Waals surface area contributed by atoms with Gasteiger partial charge in [0.25, 0.3) is 5.91 Å². The molecule has 1 atom stereocenters. The van der Waals surface area contributed by atoms with Crippen LogP contribution in [0.15, 0.2) is 58.2 Å². The average molecular weight is 380 g/mol. The molecule has 0 bridgehead atoms. The van der Waals surface area contributed by atoms with Crippen molar-refractivity contribution in [1.82, 2.24) is 0 Å². The summed E-state index contributed by atoms with van der Waals surface area (Å²) in [6.45, 7) is 1.55. The maximum Gasteiger partial charge on any atom is 0.267 e. The molecule has 0 aliphatic rings. The Morgan fingerprint density at radius 3 is 2.43 bits per heavy atom. The molecule has 3 N–H and O–H groups in total. The van der Waals surface area contributed by atoms with Gasteiger partial charge in [0.15, 0.2) is 5.84 Å². The van der Waals surface area contributed by atoms with Gasteiger partial charge in [-0.3, -0.25) is 4.79 Å². The topological polar surface area (TPSA) is 76.7 Å². The smallest absolute Gasteiger partial charge is 0.267 e. The highest BCUT2D eigenvalue weighted by atomic mass is 79.9. The maximum atomic E-state index is 12.8. The molecule has 2 aromatic rings. The number of carbonyl (C=O) groups excluding carboxylic acids is 1. The monoisotopic (exact) mass is 379 g/mol. The van der Waals surface area contributed by atoms with Crippen molar-refractivity contribution in [1.29, 1.82) is 0 Å². The van der Waals surface area contributed by atoms with Gasteiger partial charge in [-0.2, -0.15) is 0 Å². The third-order valence-electron chi connectivity index (χ3n) is 2.93. The number of nitrogens with one attached hydrogen (secondary N) is 1. The highest BCUT2D eigenvalue weighted by Crippen LogP contribution is 2.14. The van der Waals surface area contributed by atoms with Crippen LogP contribution in [0.5, 0.6) is 0 Å². The first-order valence-corrected chi connectivity index (χ1v) is 7.56. The van der Waals surface area contributed by atoms with Crippen LogP contribution in [-0.2, 0) is 9.63 Å². The molecule has 0 spiro atoms. The van der Waals surface area contributed by atoms with Crippen molar-refractivity contribution in [2.75, 3.05) is 5.32 Å². The largest absolute Gasteiger partial charge is 0.381 e. The quantitative estimate of drug-likeness (QED) is 0.475. The molecular weight excluding hydrogens is 365 g/mol. The lowest BCUT2D eigenvalue weighted by Gasteiger charge is -2.11. The van der Waals surface area contributed by atoms with Crippen LogP contribution in [-0.4, -0.2) is 17.8 Å². The zero-order chi connectivity index (χ0) is 16.8. The summed E-state index contributed by atoms with van der Waals surface area (Å²) in [4.78, 5) is 17.1. The second-order valence-corrected chi connectivity index (χ2v) is 5.64. The predicted molar refractivity (Wildman–Crippen MR) is 90.4 cm³/mol. The summed E-state index contributed by atoms with van der Waals surface area (Å²) in [6, 6.07) is 12.6. The van der Waals surface area contributed by atoms with Crippen molar-refractivity contribution < 1.29 is 14.0 Å². The van der Waals surface area contributed by atoms with Gasteiger partial charge in [-0.25, -0.2) is 4.39 Å². The molecule has 1 unspecified atom stereocenters. The third-order valence-corrected chi connectivity index (χ3v) is 3.46. The predicted octanol–water partition coefficient (Wildman–Crippen LogP) is 3.25. The molecule has 120 valence electrons. The van der Waals surface area contributed by atoms with Crippen molar-refractivity contribution in [2.45, 2.75) is 13.0 Å². The normalized spacial score (nSPS) is 12.6. The summed E-state index contributed by atoms with van der Waals surface area (Å²) in [6.07, 6.45) is -0.836. The van der Waals surface area contributed by atoms with E-state index in [9.17, 15) is 9.18 Å². The summed E-state index contributed by atoms with van der Waals surface area (Å²) in [5, 5.41) is 6.40. The highest BCUT2D eigenvalue weighted by Gasteiger charge is 2.14. The summed E-state index contributed by atoms with van der Waals surface area (Å²) in [5.41, 5.74) is 6.88. The maximum absolute atomic E-state index is 12.8. The first-order chi connectivity index (χ1) is 11.0. The molecule has 0 aliphatic heterocycles. The second kappa shape index (κ2) is 7.73. The molecule has 2 aromatic carbocycles. The van der Waals surface area contributed by atoms with Crippen molar-refractivity contribution in [3.8, 4) is 0 Å². The summed E-state index contributed by atoms with van der Waals surface area (Å²) >= 11 is 3.32. The molecule has 7 heteroatoms. The molecule has 5 nitrogen and oxygen atoms in total. The fraction of sp³-hybridized carbons (Fsp3) is 0.125. The van der Waals surface area contributed by atoms with Gasteiger partial charge >= 0.3 is 0 Å². The number of carbonyl (C=O) groups is 1. The fourth-order valence-electron chi connectivity index (χ4n) is 1.63. The van der Waals surface area contributed by atoms with Gasteiger partial charge in [0.1, 0.15) is 5.82 Å². The first-order valence-electron chi connectivity index (χ1n) is 6.77. The van der Waals surface area contributed by atoms with E-state index in [4.69, 9.17) is 10.6 Å². The minimum absolute atomic E-state index is 0.0632. The Labute approximate surface area is 141 Å². The van der Waals surface area contributed by atoms with Crippen LogP contribution in [0.1, 0.15) is 12.5 Å². The molecular formula is C16H15BrFN3O2. The van der Waals surface area contributed by atoms with Crippen LogP contribution >= 0.6 is 15.9 Å². The van der Waals surface area contributed by atoms with Crippen molar-refractivity contribution in [3.05, 3.63) is 64.4 Å². The Kier molecular flexibility index (Phi) is 5.70. The van der Waals surface area contributed by atoms with Gasteiger partial charge in [-0.1, -0.05) is 21.1 Å². The number of benzene rings is 2. The Morgan fingerprint density at radius 2 is 1.83 bits per heavy atom. The van der Waals surface area contributed by atoms with E-state index in [0.717, 1.165) is 4.47 Å². The fourth-order valence-corrected chi connectivity index (χ4v) is 1.90. The van der Waals surface area contributed by atoms with E-state index < -0.39 is 6.10 Å². The van der Waals surface area contributed by atoms with Crippen LogP contribution < -0.4 is 11.1 Å². The minimum Gasteiger partial charge on any atom is -0.381 e. The number of hydrogen-bond acceptors (Lipinski definition) is 3. The van der Waals surface area contributed by atoms with Gasteiger partial charge in [-0.15, -0.1) is 0 Å². The van der Waals surface area contributed by atoms with E-state index in [0.29, 0.717) is 11.3 Å². The lowest BCUT2D eigenvalue weighted by Crippen LogP contribution is -2.27. The van der Waals surface area contributed by atoms with Gasteiger partial charge in [0.2, 0.25) is 6.10 Å². The van der Waals surface area contributed by atoms with Crippen LogP contribution in [0.4, 0.5) is 10.1 Å². The van der Waals surface area contributed by atoms with E-state index in [-0.39, 0.29) is 17.6 Å². The van der Waals surface area contributed by atoms with Gasteiger partial charge in [0, 0.05) is 15.7 Å². The molecule has 23 heavy (non-hydrogen) atoms. The zero-order valence-corrected chi connectivity index (χ0v) is 13.9. The van der Waals surface area contributed by atoms with Crippen LogP contribution in [0.2, 0.25) is 0 Å². The molecule has 0 aromatic heterocycles. The lowest BCUT2D eigenvalue weighted by atomic mass is 10.2. The van der Waals surface area contributed by atoms with Crippen molar-refractivity contribution in [2.24, 2.45) is 10.9 Å². The number of nitrogens with zero attached hydrogens (tertiary/aromatic N) is 1. The van der Waals surface area contributed by atoms with E-state index in [1.807, 2.05) is 12.1 Å². The Hall–Kier alpha value is -2.41. The van der Waals surface area contributed by atoms with E-state index in [2.05, 4.69) is 26.4 Å². The third kappa shape index (κ3) is 5.07. The van der Waals surface area contributed by atoms with Crippen LogP contribution in [0.25, 0.3) is 0 Å². The number of rotatable bonds is 5. The SMILES string of the molecule is CC(O/N=C(\N)c1ccc(F)cc1)C(=O)Nc1ccc(Br)cc1. The number of hydrogen-bond donors (Lipinski definition) is 2. The molecule has 1 amide bonds. The Morgan fingerprint density at radius 1 is 1.22 bits per heavy atom. The van der Waals surface area contributed by atoms with Crippen LogP contribution in [0, 0.1) is 5.82 Å². The number of anilines is 1. The van der Waals surface area contributed by atoms with Crippen molar-refractivity contribution in [3.63, 3.8) is 0 Å². The van der Waals surface area contributed by atoms with Crippen molar-refractivity contribution >= 4 is 33.4 Å². The van der Waals surface area contributed by atoms with E-state index in [1.54, 1.807) is 19.1 Å². The number of amidine groups is 1. The standard InChI is InChI=1S/C16H15BrFN3O2/c1-10(16(22)20-14-8-4-12(17)5-9-14)23-21-15(19)11-2-6-13(18)7-3-11/h2-10H,1H3,(H2,19,21)(H,20,22). The number of halogens is 2. The summed E-state index contributed by atoms with van der Waals surface area (Å²) < 4.78 is 13.7. The summed E-state index contributed by atoms with van der Waals surface area (Å²) in [5.74, 6) is -0.666. The molecule has 0 heterocycles. The van der Waals surface area contributed by atoms with Crippen LogP contribution in [0.3, 0.4) is 0 Å². The molecule has 0 fully saturated rings. The average Bonchev–Trinajstić information content (AvgIpc) is 2.55. The van der Waals surface area contributed by atoms with Gasteiger partial charge in [-0.05, 0) is 55.5 Å². The minimum atomic E-state index is -0.836. The summed E-state index contributed by atoms with van der Waals surface area (Å²) in [7, 11) is 0. The Balaban J connectivity index is 1.93. The lowest BCUT2D eigenvalue weighted by molar-refractivity contribution is -0.126. The molecule has 0 saturated carbocycles. The molecule has 0 aliphatic carbocycles. The number of oxime groups is 1. The number of amides is 1. The molecule has 0 saturated heterocycles. The van der Waals surface area contributed by atoms with Gasteiger partial charge in [0.05, 0.1) is 0 Å².